The Morgan fingerprint density at radius 2 is 2.08 bits per heavy atom. The van der Waals surface area contributed by atoms with Crippen molar-refractivity contribution in [3.05, 3.63) is 0 Å². The van der Waals surface area contributed by atoms with Crippen LogP contribution in [0.5, 0.6) is 0 Å². The van der Waals surface area contributed by atoms with E-state index < -0.39 is 5.54 Å². The van der Waals surface area contributed by atoms with Gasteiger partial charge in [0.1, 0.15) is 0 Å². The first-order chi connectivity index (χ1) is 5.48. The van der Waals surface area contributed by atoms with E-state index in [0.29, 0.717) is 13.0 Å². The van der Waals surface area contributed by atoms with Crippen molar-refractivity contribution >= 4 is 5.91 Å². The number of carbonyl (C=O) groups is 1. The summed E-state index contributed by atoms with van der Waals surface area (Å²) in [5.41, 5.74) is 4.73. The summed E-state index contributed by atoms with van der Waals surface area (Å²) in [6, 6.07) is 0. The van der Waals surface area contributed by atoms with Gasteiger partial charge < -0.3 is 16.2 Å². The van der Waals surface area contributed by atoms with E-state index in [1.54, 1.807) is 13.8 Å². The molecule has 0 aliphatic heterocycles. The van der Waals surface area contributed by atoms with Gasteiger partial charge in [-0.05, 0) is 26.7 Å². The lowest BCUT2D eigenvalue weighted by Crippen LogP contribution is -2.49. The summed E-state index contributed by atoms with van der Waals surface area (Å²) in [6.07, 6.45) is 1.50. The van der Waals surface area contributed by atoms with Crippen LogP contribution in [-0.4, -0.2) is 29.7 Å². The number of hydrogen-bond donors (Lipinski definition) is 3. The Balaban J connectivity index is 3.45. The van der Waals surface area contributed by atoms with Gasteiger partial charge in [-0.3, -0.25) is 4.79 Å². The first-order valence-electron chi connectivity index (χ1n) is 4.16. The standard InChI is InChI=1S/C8H18N2O2/c1-8(2,9)7(12)10-5-3-4-6-11/h11H,3-6,9H2,1-2H3,(H,10,12). The van der Waals surface area contributed by atoms with Gasteiger partial charge in [0.2, 0.25) is 5.91 Å². The third-order valence-corrected chi connectivity index (χ3v) is 1.46. The van der Waals surface area contributed by atoms with Gasteiger partial charge in [-0.25, -0.2) is 0 Å². The quantitative estimate of drug-likeness (QED) is 0.497. The summed E-state index contributed by atoms with van der Waals surface area (Å²) >= 11 is 0. The molecule has 12 heavy (non-hydrogen) atoms. The Hall–Kier alpha value is -0.610. The molecular formula is C8H18N2O2. The van der Waals surface area contributed by atoms with Crippen molar-refractivity contribution in [1.82, 2.24) is 5.32 Å². The number of nitrogens with two attached hydrogens (primary N) is 1. The van der Waals surface area contributed by atoms with E-state index in [1.165, 1.54) is 0 Å². The Labute approximate surface area is 73.1 Å². The van der Waals surface area contributed by atoms with Gasteiger partial charge in [-0.15, -0.1) is 0 Å². The van der Waals surface area contributed by atoms with E-state index in [4.69, 9.17) is 10.8 Å². The number of rotatable bonds is 5. The predicted molar refractivity (Wildman–Crippen MR) is 47.6 cm³/mol. The maximum Gasteiger partial charge on any atom is 0.239 e. The predicted octanol–water partition coefficient (Wildman–Crippen LogP) is -0.388. The molecule has 4 N–H and O–H groups in total. The second kappa shape index (κ2) is 5.11. The van der Waals surface area contributed by atoms with Crippen molar-refractivity contribution in [3.63, 3.8) is 0 Å². The van der Waals surface area contributed by atoms with Crippen LogP contribution < -0.4 is 11.1 Å². The number of amides is 1. The normalized spacial score (nSPS) is 11.3. The number of aliphatic hydroxyl groups excluding tert-OH is 1. The lowest BCUT2D eigenvalue weighted by atomic mass is 10.1. The van der Waals surface area contributed by atoms with Crippen LogP contribution in [0, 0.1) is 0 Å². The smallest absolute Gasteiger partial charge is 0.239 e. The Morgan fingerprint density at radius 3 is 2.50 bits per heavy atom. The molecule has 0 saturated heterocycles. The number of aliphatic hydroxyl groups is 1. The minimum Gasteiger partial charge on any atom is -0.396 e. The van der Waals surface area contributed by atoms with Crippen molar-refractivity contribution in [3.8, 4) is 0 Å². The number of unbranched alkanes of at least 4 members (excludes halogenated alkanes) is 1. The number of nitrogens with one attached hydrogen (secondary N) is 1. The van der Waals surface area contributed by atoms with E-state index in [9.17, 15) is 4.79 Å². The molecule has 0 atom stereocenters. The molecule has 0 spiro atoms. The Morgan fingerprint density at radius 1 is 1.50 bits per heavy atom. The number of carbonyl (C=O) groups excluding carboxylic acids is 1. The van der Waals surface area contributed by atoms with Crippen molar-refractivity contribution in [2.24, 2.45) is 5.73 Å². The van der Waals surface area contributed by atoms with Crippen LogP contribution in [0.2, 0.25) is 0 Å². The second-order valence-electron chi connectivity index (χ2n) is 3.41. The fraction of sp³-hybridized carbons (Fsp3) is 0.875. The molecule has 0 saturated carbocycles. The average molecular weight is 174 g/mol. The van der Waals surface area contributed by atoms with Crippen LogP contribution in [0.25, 0.3) is 0 Å². The van der Waals surface area contributed by atoms with Gasteiger partial charge in [-0.1, -0.05) is 0 Å². The first-order valence-corrected chi connectivity index (χ1v) is 4.16. The van der Waals surface area contributed by atoms with Crippen LogP contribution in [0.3, 0.4) is 0 Å². The topological polar surface area (TPSA) is 75.4 Å². The molecule has 0 fully saturated rings. The van der Waals surface area contributed by atoms with E-state index in [0.717, 1.165) is 6.42 Å². The average Bonchev–Trinajstić information content (AvgIpc) is 1.96. The molecule has 0 aromatic rings. The molecule has 0 aromatic heterocycles. The van der Waals surface area contributed by atoms with Crippen LogP contribution >= 0.6 is 0 Å². The zero-order valence-electron chi connectivity index (χ0n) is 7.76. The SMILES string of the molecule is CC(C)(N)C(=O)NCCCCO. The van der Waals surface area contributed by atoms with E-state index in [-0.39, 0.29) is 12.5 Å². The molecule has 72 valence electrons. The highest BCUT2D eigenvalue weighted by atomic mass is 16.2. The molecule has 4 nitrogen and oxygen atoms in total. The van der Waals surface area contributed by atoms with Crippen LogP contribution in [-0.2, 0) is 4.79 Å². The maximum absolute atomic E-state index is 11.1. The van der Waals surface area contributed by atoms with E-state index in [2.05, 4.69) is 5.32 Å². The highest BCUT2D eigenvalue weighted by Gasteiger charge is 2.20. The zero-order chi connectivity index (χ0) is 9.61. The van der Waals surface area contributed by atoms with Gasteiger partial charge in [0.05, 0.1) is 5.54 Å². The van der Waals surface area contributed by atoms with Gasteiger partial charge in [0.15, 0.2) is 0 Å². The minimum atomic E-state index is -0.806. The number of hydrogen-bond acceptors (Lipinski definition) is 3. The molecule has 0 aliphatic carbocycles. The fourth-order valence-electron chi connectivity index (χ4n) is 0.667. The molecule has 0 heterocycles. The van der Waals surface area contributed by atoms with Gasteiger partial charge >= 0.3 is 0 Å². The second-order valence-corrected chi connectivity index (χ2v) is 3.41. The van der Waals surface area contributed by atoms with E-state index >= 15 is 0 Å². The molecule has 0 rings (SSSR count). The van der Waals surface area contributed by atoms with Crippen molar-refractivity contribution in [1.29, 1.82) is 0 Å². The summed E-state index contributed by atoms with van der Waals surface area (Å²) in [4.78, 5) is 11.1. The maximum atomic E-state index is 11.1. The minimum absolute atomic E-state index is 0.152. The molecule has 0 aromatic carbocycles. The van der Waals surface area contributed by atoms with Crippen LogP contribution in [0.1, 0.15) is 26.7 Å². The molecular weight excluding hydrogens is 156 g/mol. The molecule has 4 heteroatoms. The summed E-state index contributed by atoms with van der Waals surface area (Å²) in [6.45, 7) is 4.07. The monoisotopic (exact) mass is 174 g/mol. The van der Waals surface area contributed by atoms with Crippen LogP contribution in [0.4, 0.5) is 0 Å². The Kier molecular flexibility index (Phi) is 4.85. The molecule has 0 radical (unpaired) electrons. The third-order valence-electron chi connectivity index (χ3n) is 1.46. The molecule has 1 amide bonds. The first kappa shape index (κ1) is 11.4. The zero-order valence-corrected chi connectivity index (χ0v) is 7.76. The summed E-state index contributed by atoms with van der Waals surface area (Å²) in [5.74, 6) is -0.152. The van der Waals surface area contributed by atoms with Crippen molar-refractivity contribution < 1.29 is 9.90 Å². The van der Waals surface area contributed by atoms with Gasteiger partial charge in [0, 0.05) is 13.2 Å². The van der Waals surface area contributed by atoms with E-state index in [1.807, 2.05) is 0 Å². The Bertz CT molecular complexity index is 140. The van der Waals surface area contributed by atoms with Crippen LogP contribution in [0.15, 0.2) is 0 Å². The summed E-state index contributed by atoms with van der Waals surface area (Å²) in [7, 11) is 0. The molecule has 0 unspecified atom stereocenters. The van der Waals surface area contributed by atoms with Crippen molar-refractivity contribution in [2.75, 3.05) is 13.2 Å². The molecule has 0 bridgehead atoms. The lowest BCUT2D eigenvalue weighted by Gasteiger charge is -2.17. The van der Waals surface area contributed by atoms with Gasteiger partial charge in [0.25, 0.3) is 0 Å². The summed E-state index contributed by atoms with van der Waals surface area (Å²) < 4.78 is 0. The van der Waals surface area contributed by atoms with Crippen molar-refractivity contribution in [2.45, 2.75) is 32.2 Å². The fourth-order valence-corrected chi connectivity index (χ4v) is 0.667. The third kappa shape index (κ3) is 5.09. The lowest BCUT2D eigenvalue weighted by molar-refractivity contribution is -0.125. The highest BCUT2D eigenvalue weighted by Crippen LogP contribution is 1.95. The largest absolute Gasteiger partial charge is 0.396 e. The molecule has 0 aliphatic rings. The highest BCUT2D eigenvalue weighted by molar-refractivity contribution is 5.84. The van der Waals surface area contributed by atoms with Gasteiger partial charge in [-0.2, -0.15) is 0 Å². The summed E-state index contributed by atoms with van der Waals surface area (Å²) in [5, 5.41) is 11.1.